The summed E-state index contributed by atoms with van der Waals surface area (Å²) in [7, 11) is 1.19. The number of piperidine rings is 1. The Kier molecular flexibility index (Phi) is 9.89. The predicted molar refractivity (Wildman–Crippen MR) is 88.1 cm³/mol. The maximum absolute atomic E-state index is 2.81. The van der Waals surface area contributed by atoms with Crippen molar-refractivity contribution < 1.29 is 0 Å². The molecule has 0 bridgehead atoms. The van der Waals surface area contributed by atoms with E-state index in [1.165, 1.54) is 86.8 Å². The van der Waals surface area contributed by atoms with Gasteiger partial charge in [0.05, 0.1) is 9.52 Å². The van der Waals surface area contributed by atoms with Crippen molar-refractivity contribution in [2.45, 2.75) is 96.2 Å². The fraction of sp³-hybridized carbons (Fsp3) is 1.00. The lowest BCUT2D eigenvalue weighted by Crippen LogP contribution is -2.43. The van der Waals surface area contributed by atoms with Crippen LogP contribution in [0.15, 0.2) is 0 Å². The summed E-state index contributed by atoms with van der Waals surface area (Å²) in [4.78, 5) is 2.81. The van der Waals surface area contributed by atoms with E-state index in [2.05, 4.69) is 25.7 Å². The number of hydrogen-bond donors (Lipinski definition) is 0. The molecule has 1 aliphatic rings. The highest BCUT2D eigenvalue weighted by Crippen LogP contribution is 2.25. The lowest BCUT2D eigenvalue weighted by Gasteiger charge is -2.35. The second kappa shape index (κ2) is 10.9. The first-order valence-corrected chi connectivity index (χ1v) is 9.97. The van der Waals surface area contributed by atoms with Crippen molar-refractivity contribution in [1.82, 2.24) is 4.90 Å². The topological polar surface area (TPSA) is 3.24 Å². The second-order valence-corrected chi connectivity index (χ2v) is 7.98. The Morgan fingerprint density at radius 2 is 1.47 bits per heavy atom. The Balaban J connectivity index is 2.42. The van der Waals surface area contributed by atoms with E-state index in [1.54, 1.807) is 0 Å². The van der Waals surface area contributed by atoms with Gasteiger partial charge in [-0.2, -0.15) is 0 Å². The lowest BCUT2D eigenvalue weighted by molar-refractivity contribution is 0.202. The smallest absolute Gasteiger partial charge is 0.0646 e. The number of rotatable bonds is 10. The number of hydrogen-bond acceptors (Lipinski definition) is 1. The van der Waals surface area contributed by atoms with Crippen molar-refractivity contribution in [1.29, 1.82) is 0 Å². The van der Waals surface area contributed by atoms with Crippen molar-refractivity contribution in [2.75, 3.05) is 13.1 Å². The molecule has 2 heteroatoms. The summed E-state index contributed by atoms with van der Waals surface area (Å²) in [5.74, 6) is 0. The summed E-state index contributed by atoms with van der Waals surface area (Å²) in [6, 6.07) is 0. The van der Waals surface area contributed by atoms with Gasteiger partial charge >= 0.3 is 0 Å². The van der Waals surface area contributed by atoms with Crippen molar-refractivity contribution in [3.05, 3.63) is 0 Å². The van der Waals surface area contributed by atoms with E-state index in [4.69, 9.17) is 0 Å². The zero-order chi connectivity index (χ0) is 13.9. The molecule has 0 amide bonds. The van der Waals surface area contributed by atoms with Crippen molar-refractivity contribution in [3.63, 3.8) is 0 Å². The zero-order valence-corrected chi connectivity index (χ0v) is 14.6. The summed E-state index contributed by atoms with van der Waals surface area (Å²) in [5.41, 5.74) is 1.92. The van der Waals surface area contributed by atoms with Gasteiger partial charge < -0.3 is 4.90 Å². The highest BCUT2D eigenvalue weighted by Gasteiger charge is 2.23. The fourth-order valence-corrected chi connectivity index (χ4v) is 5.19. The summed E-state index contributed by atoms with van der Waals surface area (Å²) in [6.07, 6.45) is 14.3. The monoisotopic (exact) mass is 281 g/mol. The lowest BCUT2D eigenvalue weighted by atomic mass is 10.1. The van der Waals surface area contributed by atoms with Crippen LogP contribution < -0.4 is 0 Å². The molecule has 1 saturated heterocycles. The van der Waals surface area contributed by atoms with Crippen LogP contribution in [0.2, 0.25) is 5.54 Å². The molecule has 1 rings (SSSR count). The van der Waals surface area contributed by atoms with Crippen LogP contribution in [0, 0.1) is 0 Å². The van der Waals surface area contributed by atoms with E-state index in [1.807, 2.05) is 0 Å². The maximum Gasteiger partial charge on any atom is 0.0646 e. The molecule has 2 radical (unpaired) electrons. The zero-order valence-electron chi connectivity index (χ0n) is 13.6. The standard InChI is InChI=1S/C17H35NSi/c1-4-7-12-16(13-8-5-2)19-17(6-3)18-14-10-9-11-15-18/h16-17H,4-15H2,1-3H3. The largest absolute Gasteiger partial charge is 0.304 e. The van der Waals surface area contributed by atoms with Crippen LogP contribution in [0.25, 0.3) is 0 Å². The molecular formula is C17H35NSi. The molecular weight excluding hydrogens is 246 g/mol. The molecule has 1 heterocycles. The van der Waals surface area contributed by atoms with Crippen LogP contribution in [0.5, 0.6) is 0 Å². The van der Waals surface area contributed by atoms with Gasteiger partial charge in [-0.3, -0.25) is 0 Å². The minimum Gasteiger partial charge on any atom is -0.304 e. The molecule has 1 aliphatic heterocycles. The van der Waals surface area contributed by atoms with Crippen LogP contribution in [-0.2, 0) is 0 Å². The Bertz CT molecular complexity index is 193. The molecule has 0 aromatic rings. The molecule has 0 aliphatic carbocycles. The van der Waals surface area contributed by atoms with Gasteiger partial charge in [0.2, 0.25) is 0 Å². The first-order valence-electron chi connectivity index (χ1n) is 8.81. The SMILES string of the molecule is CCCCC(CCCC)[Si]C(CC)N1CCCCC1. The molecule has 0 N–H and O–H groups in total. The Morgan fingerprint density at radius 1 is 0.895 bits per heavy atom. The van der Waals surface area contributed by atoms with E-state index < -0.39 is 0 Å². The average molecular weight is 282 g/mol. The van der Waals surface area contributed by atoms with Gasteiger partial charge in [-0.25, -0.2) is 0 Å². The Hall–Kier alpha value is 0.177. The predicted octanol–water partition coefficient (Wildman–Crippen LogP) is 5.08. The van der Waals surface area contributed by atoms with E-state index in [0.717, 1.165) is 11.2 Å². The van der Waals surface area contributed by atoms with E-state index in [0.29, 0.717) is 0 Å². The average Bonchev–Trinajstić information content (AvgIpc) is 2.47. The normalized spacial score (nSPS) is 18.9. The van der Waals surface area contributed by atoms with Crippen molar-refractivity contribution >= 4 is 9.52 Å². The summed E-state index contributed by atoms with van der Waals surface area (Å²) >= 11 is 0. The number of likely N-dealkylation sites (tertiary alicyclic amines) is 1. The van der Waals surface area contributed by atoms with E-state index in [-0.39, 0.29) is 0 Å². The first-order chi connectivity index (χ1) is 9.31. The fourth-order valence-electron chi connectivity index (χ4n) is 3.20. The van der Waals surface area contributed by atoms with Gasteiger partial charge in [-0.15, -0.1) is 0 Å². The van der Waals surface area contributed by atoms with Gasteiger partial charge in [0, 0.05) is 0 Å². The third-order valence-corrected chi connectivity index (χ3v) is 6.67. The molecule has 1 atom stereocenters. The first kappa shape index (κ1) is 17.2. The maximum atomic E-state index is 2.81. The highest BCUT2D eigenvalue weighted by atomic mass is 28.2. The van der Waals surface area contributed by atoms with Crippen LogP contribution in [0.3, 0.4) is 0 Å². The van der Waals surface area contributed by atoms with Gasteiger partial charge in [0.25, 0.3) is 0 Å². The van der Waals surface area contributed by atoms with Gasteiger partial charge in [-0.05, 0) is 43.6 Å². The van der Waals surface area contributed by atoms with Crippen LogP contribution in [0.4, 0.5) is 0 Å². The molecule has 0 aromatic carbocycles. The molecule has 0 saturated carbocycles. The van der Waals surface area contributed by atoms with Crippen LogP contribution >= 0.6 is 0 Å². The van der Waals surface area contributed by atoms with Crippen molar-refractivity contribution in [3.8, 4) is 0 Å². The Morgan fingerprint density at radius 3 is 1.95 bits per heavy atom. The summed E-state index contributed by atoms with van der Waals surface area (Å²) < 4.78 is 0. The molecule has 0 aromatic heterocycles. The third kappa shape index (κ3) is 6.94. The number of nitrogens with zero attached hydrogens (tertiary/aromatic N) is 1. The van der Waals surface area contributed by atoms with Crippen LogP contribution in [-0.4, -0.2) is 33.2 Å². The minimum absolute atomic E-state index is 0.902. The van der Waals surface area contributed by atoms with Crippen molar-refractivity contribution in [2.24, 2.45) is 0 Å². The quantitative estimate of drug-likeness (QED) is 0.505. The molecule has 0 spiro atoms. The molecule has 19 heavy (non-hydrogen) atoms. The molecule has 1 fully saturated rings. The van der Waals surface area contributed by atoms with Gasteiger partial charge in [0.1, 0.15) is 0 Å². The number of unbranched alkanes of at least 4 members (excludes halogenated alkanes) is 2. The van der Waals surface area contributed by atoms with Gasteiger partial charge in [-0.1, -0.05) is 65.7 Å². The molecule has 112 valence electrons. The third-order valence-electron chi connectivity index (χ3n) is 4.46. The van der Waals surface area contributed by atoms with E-state index in [9.17, 15) is 0 Å². The molecule has 1 unspecified atom stereocenters. The molecule has 1 nitrogen and oxygen atoms in total. The summed E-state index contributed by atoms with van der Waals surface area (Å²) in [6.45, 7) is 9.83. The van der Waals surface area contributed by atoms with Gasteiger partial charge in [0.15, 0.2) is 0 Å². The Labute approximate surface area is 124 Å². The minimum atomic E-state index is 0.902. The highest BCUT2D eigenvalue weighted by molar-refractivity contribution is 6.39. The summed E-state index contributed by atoms with van der Waals surface area (Å²) in [5, 5.41) is 0. The van der Waals surface area contributed by atoms with E-state index >= 15 is 0 Å². The second-order valence-electron chi connectivity index (χ2n) is 6.17. The van der Waals surface area contributed by atoms with Crippen LogP contribution in [0.1, 0.15) is 85.0 Å².